The maximum absolute atomic E-state index is 12.8. The Morgan fingerprint density at radius 2 is 1.68 bits per heavy atom. The van der Waals surface area contributed by atoms with Crippen LogP contribution in [0.2, 0.25) is 0 Å². The van der Waals surface area contributed by atoms with E-state index in [9.17, 15) is 8.78 Å². The molecule has 0 aliphatic heterocycles. The molecule has 31 heavy (non-hydrogen) atoms. The van der Waals surface area contributed by atoms with Gasteiger partial charge in [0.1, 0.15) is 23.0 Å². The van der Waals surface area contributed by atoms with Crippen molar-refractivity contribution in [2.24, 2.45) is 0 Å². The number of halogens is 2. The third-order valence-electron chi connectivity index (χ3n) is 4.36. The van der Waals surface area contributed by atoms with E-state index in [0.29, 0.717) is 23.7 Å². The largest absolute Gasteiger partial charge is 0.457 e. The molecule has 0 unspecified atom stereocenters. The summed E-state index contributed by atoms with van der Waals surface area (Å²) in [5.74, 6) is 1.55. The van der Waals surface area contributed by atoms with Crippen molar-refractivity contribution in [3.05, 3.63) is 95.9 Å². The average Bonchev–Trinajstić information content (AvgIpc) is 2.76. The fourth-order valence-corrected chi connectivity index (χ4v) is 2.98. The van der Waals surface area contributed by atoms with Crippen LogP contribution in [0.4, 0.5) is 26.2 Å². The van der Waals surface area contributed by atoms with Crippen LogP contribution in [0.25, 0.3) is 0 Å². The van der Waals surface area contributed by atoms with Crippen molar-refractivity contribution >= 4 is 17.5 Å². The maximum atomic E-state index is 12.8. The molecule has 0 radical (unpaired) electrons. The molecule has 0 amide bonds. The van der Waals surface area contributed by atoms with Gasteiger partial charge in [0.05, 0.1) is 5.69 Å². The van der Waals surface area contributed by atoms with Gasteiger partial charge in [-0.05, 0) is 35.9 Å². The molecule has 0 bridgehead atoms. The number of aromatic nitrogens is 3. The van der Waals surface area contributed by atoms with Gasteiger partial charge in [-0.2, -0.15) is 4.98 Å². The molecule has 6 nitrogen and oxygen atoms in total. The predicted octanol–water partition coefficient (Wildman–Crippen LogP) is 5.52. The van der Waals surface area contributed by atoms with Gasteiger partial charge < -0.3 is 15.8 Å². The van der Waals surface area contributed by atoms with E-state index in [1.54, 1.807) is 24.3 Å². The quantitative estimate of drug-likeness (QED) is 0.410. The van der Waals surface area contributed by atoms with E-state index < -0.39 is 6.43 Å². The highest BCUT2D eigenvalue weighted by molar-refractivity contribution is 5.58. The number of ether oxygens (including phenoxy) is 1. The first kappa shape index (κ1) is 20.2. The molecule has 4 rings (SSSR count). The summed E-state index contributed by atoms with van der Waals surface area (Å²) in [5.41, 5.74) is 8.23. The zero-order chi connectivity index (χ0) is 21.6. The van der Waals surface area contributed by atoms with Crippen molar-refractivity contribution in [3.63, 3.8) is 0 Å². The molecule has 156 valence electrons. The zero-order valence-corrected chi connectivity index (χ0v) is 16.4. The molecular weight excluding hydrogens is 400 g/mol. The maximum Gasteiger partial charge on any atom is 0.280 e. The van der Waals surface area contributed by atoms with Crippen LogP contribution in [-0.4, -0.2) is 15.0 Å². The van der Waals surface area contributed by atoms with Crippen LogP contribution in [0.5, 0.6) is 11.5 Å². The van der Waals surface area contributed by atoms with Crippen molar-refractivity contribution in [1.82, 2.24) is 15.0 Å². The Kier molecular flexibility index (Phi) is 5.98. The first-order chi connectivity index (χ1) is 15.0. The van der Waals surface area contributed by atoms with E-state index in [-0.39, 0.29) is 11.6 Å². The van der Waals surface area contributed by atoms with Crippen LogP contribution in [-0.2, 0) is 6.42 Å². The average molecular weight is 419 g/mol. The van der Waals surface area contributed by atoms with E-state index in [2.05, 4.69) is 20.3 Å². The van der Waals surface area contributed by atoms with Crippen LogP contribution in [0.1, 0.15) is 23.4 Å². The van der Waals surface area contributed by atoms with Gasteiger partial charge in [0.25, 0.3) is 6.43 Å². The summed E-state index contributed by atoms with van der Waals surface area (Å²) in [4.78, 5) is 12.2. The molecular formula is C23H19F2N5O. The minimum atomic E-state index is -2.65. The van der Waals surface area contributed by atoms with Crippen LogP contribution in [0, 0.1) is 0 Å². The first-order valence-corrected chi connectivity index (χ1v) is 9.51. The monoisotopic (exact) mass is 419 g/mol. The summed E-state index contributed by atoms with van der Waals surface area (Å²) in [6.07, 6.45) is -0.719. The number of nitrogens with two attached hydrogens (primary N) is 1. The van der Waals surface area contributed by atoms with E-state index in [4.69, 9.17) is 10.5 Å². The molecule has 0 spiro atoms. The fourth-order valence-electron chi connectivity index (χ4n) is 2.98. The summed E-state index contributed by atoms with van der Waals surface area (Å²) in [5, 5.41) is 3.19. The molecule has 0 atom stereocenters. The van der Waals surface area contributed by atoms with Gasteiger partial charge in [-0.1, -0.05) is 30.3 Å². The molecule has 2 aromatic carbocycles. The number of nitrogens with one attached hydrogen (secondary N) is 1. The number of hydrogen-bond donors (Lipinski definition) is 2. The van der Waals surface area contributed by atoms with E-state index >= 15 is 0 Å². The lowest BCUT2D eigenvalue weighted by molar-refractivity contribution is 0.145. The number of benzene rings is 2. The van der Waals surface area contributed by atoms with Gasteiger partial charge in [-0.3, -0.25) is 4.98 Å². The summed E-state index contributed by atoms with van der Waals surface area (Å²) < 4.78 is 31.2. The van der Waals surface area contributed by atoms with E-state index in [1.165, 1.54) is 18.3 Å². The summed E-state index contributed by atoms with van der Waals surface area (Å²) in [6, 6.07) is 21.6. The third kappa shape index (κ3) is 5.51. The number of alkyl halides is 2. The summed E-state index contributed by atoms with van der Waals surface area (Å²) in [7, 11) is 0. The Hall–Kier alpha value is -4.07. The Labute approximate surface area is 177 Å². The minimum absolute atomic E-state index is 0.184. The smallest absolute Gasteiger partial charge is 0.280 e. The topological polar surface area (TPSA) is 86.0 Å². The second-order valence-corrected chi connectivity index (χ2v) is 6.73. The Balaban J connectivity index is 1.45. The highest BCUT2D eigenvalue weighted by Crippen LogP contribution is 2.27. The lowest BCUT2D eigenvalue weighted by Gasteiger charge is -2.10. The predicted molar refractivity (Wildman–Crippen MR) is 115 cm³/mol. The van der Waals surface area contributed by atoms with Gasteiger partial charge in [0.15, 0.2) is 0 Å². The summed E-state index contributed by atoms with van der Waals surface area (Å²) in [6.45, 7) is 0. The van der Waals surface area contributed by atoms with Crippen molar-refractivity contribution in [2.75, 3.05) is 11.1 Å². The number of rotatable bonds is 7. The second-order valence-electron chi connectivity index (χ2n) is 6.73. The molecule has 2 heterocycles. The number of hydrogen-bond acceptors (Lipinski definition) is 6. The third-order valence-corrected chi connectivity index (χ3v) is 4.36. The van der Waals surface area contributed by atoms with E-state index in [0.717, 1.165) is 16.9 Å². The standard InChI is InChI=1S/C23H19F2N5O/c24-22(25)20-14-19(10-11-27-20)31-18-8-6-16(7-9-18)28-21-13-17(29-23(26)30-21)12-15-4-2-1-3-5-15/h1-11,13-14,22H,12H2,(H3,26,28,29,30). The first-order valence-electron chi connectivity index (χ1n) is 9.51. The lowest BCUT2D eigenvalue weighted by atomic mass is 10.1. The van der Waals surface area contributed by atoms with Gasteiger partial charge in [-0.15, -0.1) is 0 Å². The Bertz CT molecular complexity index is 1150. The molecule has 2 aromatic heterocycles. The van der Waals surface area contributed by atoms with Crippen molar-refractivity contribution in [3.8, 4) is 11.5 Å². The van der Waals surface area contributed by atoms with Gasteiger partial charge in [0.2, 0.25) is 5.95 Å². The molecule has 0 fully saturated rings. The lowest BCUT2D eigenvalue weighted by Crippen LogP contribution is -2.04. The van der Waals surface area contributed by atoms with Gasteiger partial charge in [0, 0.05) is 30.4 Å². The van der Waals surface area contributed by atoms with Crippen LogP contribution < -0.4 is 15.8 Å². The van der Waals surface area contributed by atoms with Crippen LogP contribution in [0.3, 0.4) is 0 Å². The minimum Gasteiger partial charge on any atom is -0.457 e. The number of nitrogens with zero attached hydrogens (tertiary/aromatic N) is 3. The van der Waals surface area contributed by atoms with Crippen LogP contribution >= 0.6 is 0 Å². The van der Waals surface area contributed by atoms with Crippen molar-refractivity contribution in [2.45, 2.75) is 12.8 Å². The highest BCUT2D eigenvalue weighted by atomic mass is 19.3. The fraction of sp³-hybridized carbons (Fsp3) is 0.0870. The Morgan fingerprint density at radius 3 is 2.42 bits per heavy atom. The molecule has 0 aliphatic rings. The normalized spacial score (nSPS) is 10.8. The summed E-state index contributed by atoms with van der Waals surface area (Å²) >= 11 is 0. The number of pyridine rings is 1. The van der Waals surface area contributed by atoms with Crippen molar-refractivity contribution < 1.29 is 13.5 Å². The Morgan fingerprint density at radius 1 is 0.903 bits per heavy atom. The van der Waals surface area contributed by atoms with E-state index in [1.807, 2.05) is 36.4 Å². The SMILES string of the molecule is Nc1nc(Cc2ccccc2)cc(Nc2ccc(Oc3ccnc(C(F)F)c3)cc2)n1. The molecule has 3 N–H and O–H groups in total. The molecule has 0 saturated carbocycles. The zero-order valence-electron chi connectivity index (χ0n) is 16.4. The van der Waals surface area contributed by atoms with Gasteiger partial charge in [-0.25, -0.2) is 13.8 Å². The molecule has 4 aromatic rings. The van der Waals surface area contributed by atoms with Crippen molar-refractivity contribution in [1.29, 1.82) is 0 Å². The molecule has 0 aliphatic carbocycles. The number of nitrogen functional groups attached to an aromatic ring is 1. The van der Waals surface area contributed by atoms with Crippen LogP contribution in [0.15, 0.2) is 79.0 Å². The second kappa shape index (κ2) is 9.17. The van der Waals surface area contributed by atoms with Gasteiger partial charge >= 0.3 is 0 Å². The highest BCUT2D eigenvalue weighted by Gasteiger charge is 2.10. The number of anilines is 3. The molecule has 8 heteroatoms. The molecule has 0 saturated heterocycles.